The smallest absolute Gasteiger partial charge is 0.232 e. The van der Waals surface area contributed by atoms with Crippen LogP contribution in [0.5, 0.6) is 17.2 Å². The van der Waals surface area contributed by atoms with Crippen LogP contribution in [-0.4, -0.2) is 33.0 Å². The lowest BCUT2D eigenvalue weighted by molar-refractivity contribution is -0.119. The molecule has 0 saturated heterocycles. The molecule has 0 N–H and O–H groups in total. The van der Waals surface area contributed by atoms with Crippen molar-refractivity contribution >= 4 is 17.4 Å². The number of ketones is 1. The maximum atomic E-state index is 13.4. The van der Waals surface area contributed by atoms with Crippen molar-refractivity contribution in [2.24, 2.45) is 0 Å². The molecule has 2 aromatic rings. The van der Waals surface area contributed by atoms with E-state index < -0.39 is 0 Å². The molecule has 1 amide bonds. The lowest BCUT2D eigenvalue weighted by Gasteiger charge is -2.38. The second kappa shape index (κ2) is 8.46. The van der Waals surface area contributed by atoms with Gasteiger partial charge in [-0.05, 0) is 43.5 Å². The number of carbonyl (C=O) groups excluding carboxylic acids is 2. The highest BCUT2D eigenvalue weighted by Gasteiger charge is 2.41. The van der Waals surface area contributed by atoms with E-state index in [2.05, 4.69) is 0 Å². The Balaban J connectivity index is 1.91. The largest absolute Gasteiger partial charge is 0.493 e. The van der Waals surface area contributed by atoms with E-state index >= 15 is 0 Å². The van der Waals surface area contributed by atoms with Gasteiger partial charge in [0.05, 0.1) is 21.3 Å². The van der Waals surface area contributed by atoms with Crippen LogP contribution in [-0.2, 0) is 9.59 Å². The topological polar surface area (TPSA) is 65.1 Å². The molecule has 2 aromatic carbocycles. The molecule has 6 nitrogen and oxygen atoms in total. The number of hydrogen-bond donors (Lipinski definition) is 0. The minimum Gasteiger partial charge on any atom is -0.493 e. The lowest BCUT2D eigenvalue weighted by Crippen LogP contribution is -2.40. The van der Waals surface area contributed by atoms with E-state index in [1.807, 2.05) is 37.3 Å². The van der Waals surface area contributed by atoms with Crippen LogP contribution >= 0.6 is 0 Å². The van der Waals surface area contributed by atoms with Gasteiger partial charge in [0.15, 0.2) is 17.3 Å². The maximum Gasteiger partial charge on any atom is 0.232 e. The summed E-state index contributed by atoms with van der Waals surface area (Å²) in [7, 11) is 4.67. The SMILES string of the molecule is COc1ccc([C@@H]2CC(=O)N(c3cccc(C)c3)C3=C2C(=O)CCC3)c(OC)c1OC. The highest BCUT2D eigenvalue weighted by atomic mass is 16.5. The first-order valence-corrected chi connectivity index (χ1v) is 10.4. The molecule has 1 heterocycles. The van der Waals surface area contributed by atoms with E-state index in [1.165, 1.54) is 0 Å². The molecule has 2 aliphatic rings. The second-order valence-corrected chi connectivity index (χ2v) is 7.89. The number of anilines is 1. The van der Waals surface area contributed by atoms with Crippen molar-refractivity contribution in [3.63, 3.8) is 0 Å². The Labute approximate surface area is 182 Å². The summed E-state index contributed by atoms with van der Waals surface area (Å²) in [6, 6.07) is 11.5. The number of allylic oxidation sites excluding steroid dienone is 2. The molecule has 0 saturated carbocycles. The van der Waals surface area contributed by atoms with E-state index in [-0.39, 0.29) is 24.0 Å². The summed E-state index contributed by atoms with van der Waals surface area (Å²) in [6.45, 7) is 2.00. The minimum absolute atomic E-state index is 0.0270. The van der Waals surface area contributed by atoms with Crippen LogP contribution in [0.2, 0.25) is 0 Å². The fraction of sp³-hybridized carbons (Fsp3) is 0.360. The first-order valence-electron chi connectivity index (χ1n) is 10.4. The van der Waals surface area contributed by atoms with Gasteiger partial charge in [0.1, 0.15) is 0 Å². The van der Waals surface area contributed by atoms with Crippen LogP contribution < -0.4 is 19.1 Å². The molecular weight excluding hydrogens is 394 g/mol. The van der Waals surface area contributed by atoms with Gasteiger partial charge in [-0.3, -0.25) is 14.5 Å². The Morgan fingerprint density at radius 1 is 0.935 bits per heavy atom. The van der Waals surface area contributed by atoms with Crippen molar-refractivity contribution in [1.29, 1.82) is 0 Å². The number of nitrogens with zero attached hydrogens (tertiary/aromatic N) is 1. The summed E-state index contributed by atoms with van der Waals surface area (Å²) >= 11 is 0. The van der Waals surface area contributed by atoms with Crippen LogP contribution in [0, 0.1) is 6.92 Å². The van der Waals surface area contributed by atoms with Crippen LogP contribution in [0.25, 0.3) is 0 Å². The fourth-order valence-electron chi connectivity index (χ4n) is 4.72. The van der Waals surface area contributed by atoms with Crippen molar-refractivity contribution in [2.75, 3.05) is 26.2 Å². The van der Waals surface area contributed by atoms with Crippen molar-refractivity contribution in [3.05, 3.63) is 58.8 Å². The summed E-state index contributed by atoms with van der Waals surface area (Å²) in [4.78, 5) is 28.3. The van der Waals surface area contributed by atoms with Crippen LogP contribution in [0.4, 0.5) is 5.69 Å². The van der Waals surface area contributed by atoms with Crippen molar-refractivity contribution in [3.8, 4) is 17.2 Å². The number of amides is 1. The third-order valence-corrected chi connectivity index (χ3v) is 6.05. The Morgan fingerprint density at radius 3 is 2.39 bits per heavy atom. The predicted molar refractivity (Wildman–Crippen MR) is 118 cm³/mol. The van der Waals surface area contributed by atoms with Crippen molar-refractivity contribution in [2.45, 2.75) is 38.5 Å². The average Bonchev–Trinajstić information content (AvgIpc) is 2.77. The Morgan fingerprint density at radius 2 is 1.71 bits per heavy atom. The fourth-order valence-corrected chi connectivity index (χ4v) is 4.72. The van der Waals surface area contributed by atoms with Crippen molar-refractivity contribution in [1.82, 2.24) is 0 Å². The predicted octanol–water partition coefficient (Wildman–Crippen LogP) is 4.55. The van der Waals surface area contributed by atoms with Crippen LogP contribution in [0.15, 0.2) is 47.7 Å². The second-order valence-electron chi connectivity index (χ2n) is 7.89. The van der Waals surface area contributed by atoms with Gasteiger partial charge in [-0.25, -0.2) is 0 Å². The van der Waals surface area contributed by atoms with E-state index in [9.17, 15) is 9.59 Å². The molecule has 1 aliphatic carbocycles. The lowest BCUT2D eigenvalue weighted by atomic mass is 9.76. The third-order valence-electron chi connectivity index (χ3n) is 6.05. The molecule has 0 radical (unpaired) electrons. The normalized spacial score (nSPS) is 18.7. The summed E-state index contributed by atoms with van der Waals surface area (Å²) in [5, 5.41) is 0. The number of ether oxygens (including phenoxy) is 3. The maximum absolute atomic E-state index is 13.4. The Kier molecular flexibility index (Phi) is 5.72. The molecule has 0 unspecified atom stereocenters. The van der Waals surface area contributed by atoms with Crippen LogP contribution in [0.1, 0.15) is 42.7 Å². The summed E-state index contributed by atoms with van der Waals surface area (Å²) < 4.78 is 16.6. The van der Waals surface area contributed by atoms with E-state index in [0.717, 1.165) is 28.9 Å². The molecule has 0 aromatic heterocycles. The van der Waals surface area contributed by atoms with Gasteiger partial charge in [-0.15, -0.1) is 0 Å². The molecule has 1 atom stereocenters. The number of methoxy groups -OCH3 is 3. The van der Waals surface area contributed by atoms with E-state index in [1.54, 1.807) is 32.3 Å². The summed E-state index contributed by atoms with van der Waals surface area (Å²) in [6.07, 6.45) is 2.10. The number of carbonyl (C=O) groups is 2. The molecule has 0 fully saturated rings. The molecule has 162 valence electrons. The van der Waals surface area contributed by atoms with E-state index in [4.69, 9.17) is 14.2 Å². The molecule has 0 bridgehead atoms. The number of Topliss-reactive ketones (excluding diaryl/α,β-unsaturated/α-hetero) is 1. The number of rotatable bonds is 5. The molecule has 6 heteroatoms. The highest BCUT2D eigenvalue weighted by Crippen LogP contribution is 2.49. The number of benzene rings is 2. The average molecular weight is 421 g/mol. The number of hydrogen-bond acceptors (Lipinski definition) is 5. The first-order chi connectivity index (χ1) is 15.0. The molecule has 0 spiro atoms. The van der Waals surface area contributed by atoms with Crippen molar-refractivity contribution < 1.29 is 23.8 Å². The first kappa shape index (κ1) is 21.0. The summed E-state index contributed by atoms with van der Waals surface area (Å²) in [5.74, 6) is 1.17. The highest BCUT2D eigenvalue weighted by molar-refractivity contribution is 6.07. The van der Waals surface area contributed by atoms with Gasteiger partial charge in [0, 0.05) is 41.3 Å². The quantitative estimate of drug-likeness (QED) is 0.709. The van der Waals surface area contributed by atoms with Gasteiger partial charge in [-0.1, -0.05) is 18.2 Å². The van der Waals surface area contributed by atoms with Gasteiger partial charge >= 0.3 is 0 Å². The zero-order valence-corrected chi connectivity index (χ0v) is 18.4. The van der Waals surface area contributed by atoms with E-state index in [0.29, 0.717) is 35.7 Å². The summed E-state index contributed by atoms with van der Waals surface area (Å²) in [5.41, 5.74) is 4.15. The number of aryl methyl sites for hydroxylation is 1. The van der Waals surface area contributed by atoms with Gasteiger partial charge in [0.2, 0.25) is 11.7 Å². The molecule has 31 heavy (non-hydrogen) atoms. The zero-order valence-electron chi connectivity index (χ0n) is 18.4. The minimum atomic E-state index is -0.383. The third kappa shape index (κ3) is 3.56. The Hall–Kier alpha value is -3.28. The zero-order chi connectivity index (χ0) is 22.1. The molecule has 1 aliphatic heterocycles. The van der Waals surface area contributed by atoms with Gasteiger partial charge in [0.25, 0.3) is 0 Å². The van der Waals surface area contributed by atoms with Gasteiger partial charge < -0.3 is 14.2 Å². The standard InChI is InChI=1S/C25H27NO5/c1-15-7-5-8-16(13-15)26-19-9-6-10-20(27)23(19)18(14-22(26)28)17-11-12-21(29-2)25(31-4)24(17)30-3/h5,7-8,11-13,18H,6,9-10,14H2,1-4H3/t18-/m0/s1. The monoisotopic (exact) mass is 421 g/mol. The molecule has 4 rings (SSSR count). The van der Waals surface area contributed by atoms with Gasteiger partial charge in [-0.2, -0.15) is 0 Å². The Bertz CT molecular complexity index is 1070. The van der Waals surface area contributed by atoms with Crippen LogP contribution in [0.3, 0.4) is 0 Å². The molecular formula is C25H27NO5.